The number of anilines is 1. The number of phenolic OH excluding ortho intramolecular Hbond substituents is 1. The zero-order chi connectivity index (χ0) is 18.8. The molecule has 11 heteroatoms. The molecule has 0 atom stereocenters. The van der Waals surface area contributed by atoms with Crippen molar-refractivity contribution in [3.8, 4) is 5.75 Å². The summed E-state index contributed by atoms with van der Waals surface area (Å²) < 4.78 is 60.5. The number of nitrogen functional groups attached to an aromatic ring is 1. The first-order chi connectivity index (χ1) is 11.5. The van der Waals surface area contributed by atoms with Crippen LogP contribution in [0.3, 0.4) is 0 Å². The number of aromatic hydroxyl groups is 1. The fourth-order valence-electron chi connectivity index (χ4n) is 1.85. The second-order valence-corrected chi connectivity index (χ2v) is 8.06. The van der Waals surface area contributed by atoms with E-state index in [9.17, 15) is 26.7 Å². The second kappa shape index (κ2) is 6.70. The van der Waals surface area contributed by atoms with E-state index in [1.165, 1.54) is 0 Å². The number of nitrogens with two attached hydrogens (primary N) is 1. The Bertz CT molecular complexity index is 1010. The third-order valence-electron chi connectivity index (χ3n) is 3.09. The van der Waals surface area contributed by atoms with Crippen LogP contribution in [0.1, 0.15) is 5.56 Å². The minimum atomic E-state index is -4.97. The Balaban J connectivity index is 2.36. The van der Waals surface area contributed by atoms with E-state index in [-0.39, 0.29) is 6.61 Å². The van der Waals surface area contributed by atoms with Crippen molar-refractivity contribution in [3.63, 3.8) is 0 Å². The van der Waals surface area contributed by atoms with Gasteiger partial charge in [0, 0.05) is 0 Å². The maximum Gasteiger partial charge on any atom is 0.429 e. The van der Waals surface area contributed by atoms with Gasteiger partial charge in [-0.15, -0.1) is 0 Å². The van der Waals surface area contributed by atoms with Crippen LogP contribution in [0, 0.1) is 0 Å². The molecule has 2 aromatic carbocycles. The van der Waals surface area contributed by atoms with Gasteiger partial charge in [0.15, 0.2) is 5.75 Å². The molecule has 0 aliphatic rings. The van der Waals surface area contributed by atoms with Gasteiger partial charge in [0.05, 0.1) is 10.6 Å². The van der Waals surface area contributed by atoms with Crippen molar-refractivity contribution in [2.24, 2.45) is 0 Å². The average Bonchev–Trinajstić information content (AvgIpc) is 2.54. The number of hydrogen-bond donors (Lipinski definition) is 3. The molecule has 25 heavy (non-hydrogen) atoms. The summed E-state index contributed by atoms with van der Waals surface area (Å²) in [5.74, 6) is -1.03. The van der Waals surface area contributed by atoms with E-state index >= 15 is 0 Å². The normalized spacial score (nSPS) is 11.9. The molecule has 0 heterocycles. The monoisotopic (exact) mass is 387 g/mol. The lowest BCUT2D eigenvalue weighted by Gasteiger charge is -2.09. The fourth-order valence-corrected chi connectivity index (χ4v) is 3.52. The molecule has 0 aromatic heterocycles. The number of hydrogen-bond acceptors (Lipinski definition) is 8. The van der Waals surface area contributed by atoms with Crippen LogP contribution in [0.15, 0.2) is 52.3 Å². The molecule has 0 aliphatic carbocycles. The molecule has 0 unspecified atom stereocenters. The first-order valence-corrected chi connectivity index (χ1v) is 9.51. The van der Waals surface area contributed by atoms with Crippen LogP contribution >= 0.6 is 0 Å². The summed E-state index contributed by atoms with van der Waals surface area (Å²) in [7, 11) is -9.73. The predicted molar refractivity (Wildman–Crippen MR) is 86.1 cm³/mol. The molecule has 0 radical (unpaired) electrons. The van der Waals surface area contributed by atoms with Gasteiger partial charge in [-0.25, -0.2) is 13.2 Å². The topological polar surface area (TPSA) is 161 Å². The van der Waals surface area contributed by atoms with Crippen molar-refractivity contribution >= 4 is 30.9 Å². The molecule has 0 bridgehead atoms. The molecule has 0 aliphatic heterocycles. The Kier molecular flexibility index (Phi) is 5.02. The highest BCUT2D eigenvalue weighted by Crippen LogP contribution is 2.32. The highest BCUT2D eigenvalue weighted by atomic mass is 32.2. The Morgan fingerprint density at radius 3 is 2.24 bits per heavy atom. The minimum Gasteiger partial charge on any atom is -0.504 e. The van der Waals surface area contributed by atoms with Gasteiger partial charge in [0.2, 0.25) is 0 Å². The molecule has 0 fully saturated rings. The molecule has 134 valence electrons. The van der Waals surface area contributed by atoms with Crippen LogP contribution in [0.4, 0.5) is 10.5 Å². The minimum absolute atomic E-state index is 0.322. The summed E-state index contributed by atoms with van der Waals surface area (Å²) in [5.41, 5.74) is 5.23. The smallest absolute Gasteiger partial charge is 0.429 e. The first kappa shape index (κ1) is 18.7. The summed E-state index contributed by atoms with van der Waals surface area (Å²) in [6.45, 7) is -0.322. The lowest BCUT2D eigenvalue weighted by atomic mass is 10.2. The zero-order valence-corrected chi connectivity index (χ0v) is 14.1. The number of sulfone groups is 1. The van der Waals surface area contributed by atoms with Crippen LogP contribution in [-0.4, -0.2) is 31.8 Å². The third kappa shape index (κ3) is 4.07. The van der Waals surface area contributed by atoms with Gasteiger partial charge in [-0.2, -0.15) is 8.42 Å². The van der Waals surface area contributed by atoms with E-state index in [1.54, 1.807) is 30.3 Å². The molecule has 2 aromatic rings. The number of benzene rings is 2. The van der Waals surface area contributed by atoms with Gasteiger partial charge >= 0.3 is 5.30 Å². The second-order valence-electron chi connectivity index (χ2n) is 4.86. The van der Waals surface area contributed by atoms with E-state index in [0.29, 0.717) is 17.7 Å². The number of carbonyl (C=O) groups is 1. The Morgan fingerprint density at radius 2 is 1.68 bits per heavy atom. The van der Waals surface area contributed by atoms with E-state index in [1.807, 2.05) is 0 Å². The quantitative estimate of drug-likeness (QED) is 0.304. The highest BCUT2D eigenvalue weighted by Gasteiger charge is 2.30. The van der Waals surface area contributed by atoms with Crippen LogP contribution in [-0.2, 0) is 31.3 Å². The maximum absolute atomic E-state index is 12.2. The Morgan fingerprint density at radius 1 is 1.08 bits per heavy atom. The average molecular weight is 387 g/mol. The van der Waals surface area contributed by atoms with E-state index in [2.05, 4.69) is 0 Å². The van der Waals surface area contributed by atoms with Gasteiger partial charge in [0.25, 0.3) is 20.0 Å². The van der Waals surface area contributed by atoms with E-state index in [4.69, 9.17) is 15.0 Å². The molecule has 9 nitrogen and oxygen atoms in total. The molecule has 0 spiro atoms. The first-order valence-electron chi connectivity index (χ1n) is 6.59. The van der Waals surface area contributed by atoms with Gasteiger partial charge in [-0.05, 0) is 17.7 Å². The van der Waals surface area contributed by atoms with Crippen molar-refractivity contribution < 1.29 is 36.0 Å². The van der Waals surface area contributed by atoms with Crippen molar-refractivity contribution in [2.75, 3.05) is 5.73 Å². The predicted octanol–water partition coefficient (Wildman–Crippen LogP) is 1.33. The molecule has 2 rings (SSSR count). The van der Waals surface area contributed by atoms with Gasteiger partial charge < -0.3 is 15.6 Å². The number of phenols is 1. The molecular formula is C14H13NO8S2. The molecule has 0 amide bonds. The SMILES string of the molecule is Nc1cc(S(=O)(=O)C(=O)OCc2ccccc2)cc(S(=O)(=O)O)c1O. The maximum atomic E-state index is 12.2. The van der Waals surface area contributed by atoms with Crippen molar-refractivity contribution in [3.05, 3.63) is 48.0 Å². The van der Waals surface area contributed by atoms with Gasteiger partial charge in [-0.1, -0.05) is 30.3 Å². The van der Waals surface area contributed by atoms with Crippen LogP contribution in [0.25, 0.3) is 0 Å². The Labute approximate surface area is 143 Å². The number of rotatable bonds is 4. The highest BCUT2D eigenvalue weighted by molar-refractivity contribution is 8.05. The summed E-state index contributed by atoms with van der Waals surface area (Å²) in [5, 5.41) is 7.90. The number of ether oxygens (including phenoxy) is 1. The van der Waals surface area contributed by atoms with Crippen LogP contribution in [0.2, 0.25) is 0 Å². The summed E-state index contributed by atoms with van der Waals surface area (Å²) in [6, 6.07) is 9.36. The lowest BCUT2D eigenvalue weighted by molar-refractivity contribution is 0.166. The van der Waals surface area contributed by atoms with Crippen LogP contribution < -0.4 is 5.73 Å². The molecule has 0 saturated heterocycles. The zero-order valence-electron chi connectivity index (χ0n) is 12.5. The molecule has 4 N–H and O–H groups in total. The summed E-state index contributed by atoms with van der Waals surface area (Å²) >= 11 is 0. The fraction of sp³-hybridized carbons (Fsp3) is 0.0714. The van der Waals surface area contributed by atoms with Gasteiger partial charge in [0.1, 0.15) is 11.5 Å². The third-order valence-corrected chi connectivity index (χ3v) is 5.37. The summed E-state index contributed by atoms with van der Waals surface area (Å²) in [4.78, 5) is 9.89. The lowest BCUT2D eigenvalue weighted by Crippen LogP contribution is -2.17. The van der Waals surface area contributed by atoms with E-state index in [0.717, 1.165) is 0 Å². The van der Waals surface area contributed by atoms with Crippen molar-refractivity contribution in [1.82, 2.24) is 0 Å². The largest absolute Gasteiger partial charge is 0.504 e. The summed E-state index contributed by atoms with van der Waals surface area (Å²) in [6.07, 6.45) is 0. The standard InChI is InChI=1S/C14H13NO8S2/c15-11-6-10(7-12(13(11)16)25(20,21)22)24(18,19)14(17)23-8-9-4-2-1-3-5-9/h1-7,16H,8,15H2,(H,20,21,22). The number of carbonyl (C=O) groups excluding carboxylic acids is 1. The van der Waals surface area contributed by atoms with Gasteiger partial charge in [-0.3, -0.25) is 4.55 Å². The Hall–Kier alpha value is -2.63. The van der Waals surface area contributed by atoms with Crippen molar-refractivity contribution in [2.45, 2.75) is 16.4 Å². The van der Waals surface area contributed by atoms with Crippen LogP contribution in [0.5, 0.6) is 5.75 Å². The van der Waals surface area contributed by atoms with Crippen molar-refractivity contribution in [1.29, 1.82) is 0 Å². The van der Waals surface area contributed by atoms with E-state index < -0.39 is 46.5 Å². The molecular weight excluding hydrogens is 374 g/mol. The molecule has 0 saturated carbocycles.